The van der Waals surface area contributed by atoms with Crippen LogP contribution in [0.3, 0.4) is 0 Å². The number of methoxy groups -OCH3 is 1. The van der Waals surface area contributed by atoms with Crippen molar-refractivity contribution in [1.82, 2.24) is 0 Å². The first-order valence-corrected chi connectivity index (χ1v) is 6.52. The molecule has 0 fully saturated rings. The van der Waals surface area contributed by atoms with Gasteiger partial charge in [0.2, 0.25) is 0 Å². The van der Waals surface area contributed by atoms with Gasteiger partial charge in [-0.3, -0.25) is 4.79 Å². The maximum Gasteiger partial charge on any atom is 0.150 e. The van der Waals surface area contributed by atoms with Crippen LogP contribution in [0.15, 0.2) is 46.9 Å². The Labute approximate surface area is 120 Å². The van der Waals surface area contributed by atoms with E-state index in [0.29, 0.717) is 17.9 Å². The van der Waals surface area contributed by atoms with Gasteiger partial charge in [0.15, 0.2) is 0 Å². The van der Waals surface area contributed by atoms with Crippen LogP contribution < -0.4 is 9.47 Å². The molecule has 0 aliphatic rings. The minimum Gasteiger partial charge on any atom is -0.497 e. The number of aldehydes is 1. The highest BCUT2D eigenvalue weighted by Gasteiger charge is 2.01. The Bertz CT molecular complexity index is 564. The van der Waals surface area contributed by atoms with E-state index in [1.807, 2.05) is 30.3 Å². The molecule has 2 rings (SSSR count). The van der Waals surface area contributed by atoms with E-state index in [-0.39, 0.29) is 0 Å². The summed E-state index contributed by atoms with van der Waals surface area (Å²) < 4.78 is 11.6. The minimum atomic E-state index is 0.443. The highest BCUT2D eigenvalue weighted by Crippen LogP contribution is 2.22. The van der Waals surface area contributed by atoms with Gasteiger partial charge in [0.05, 0.1) is 7.11 Å². The van der Waals surface area contributed by atoms with E-state index in [1.165, 1.54) is 0 Å². The average Bonchev–Trinajstić information content (AvgIpc) is 2.45. The van der Waals surface area contributed by atoms with Crippen LogP contribution in [0.4, 0.5) is 0 Å². The van der Waals surface area contributed by atoms with Crippen molar-refractivity contribution >= 4 is 22.2 Å². The first kappa shape index (κ1) is 13.6. The van der Waals surface area contributed by atoms with Gasteiger partial charge in [0, 0.05) is 10.0 Å². The lowest BCUT2D eigenvalue weighted by Gasteiger charge is -2.08. The number of hydrogen-bond donors (Lipinski definition) is 0. The Morgan fingerprint density at radius 1 is 1.11 bits per heavy atom. The fourth-order valence-electron chi connectivity index (χ4n) is 1.62. The summed E-state index contributed by atoms with van der Waals surface area (Å²) in [5.41, 5.74) is 1.62. The zero-order valence-corrected chi connectivity index (χ0v) is 12.0. The number of benzene rings is 2. The normalized spacial score (nSPS) is 10.0. The number of halogens is 1. The Morgan fingerprint density at radius 2 is 1.84 bits per heavy atom. The fraction of sp³-hybridized carbons (Fsp3) is 0.133. The Hall–Kier alpha value is -1.81. The second kappa shape index (κ2) is 6.38. The lowest BCUT2D eigenvalue weighted by atomic mass is 10.2. The first-order chi connectivity index (χ1) is 9.21. The first-order valence-electron chi connectivity index (χ1n) is 5.73. The van der Waals surface area contributed by atoms with Crippen LogP contribution in [0.2, 0.25) is 0 Å². The van der Waals surface area contributed by atoms with Gasteiger partial charge in [-0.05, 0) is 35.9 Å². The smallest absolute Gasteiger partial charge is 0.150 e. The van der Waals surface area contributed by atoms with E-state index in [0.717, 1.165) is 22.1 Å². The molecule has 2 aromatic carbocycles. The molecule has 0 N–H and O–H groups in total. The molecule has 0 heterocycles. The van der Waals surface area contributed by atoms with E-state index in [4.69, 9.17) is 9.47 Å². The van der Waals surface area contributed by atoms with Crippen molar-refractivity contribution in [1.29, 1.82) is 0 Å². The highest BCUT2D eigenvalue weighted by molar-refractivity contribution is 9.10. The molecule has 98 valence electrons. The number of carbonyl (C=O) groups excluding carboxylic acids is 1. The van der Waals surface area contributed by atoms with Crippen molar-refractivity contribution in [3.8, 4) is 11.5 Å². The molecule has 19 heavy (non-hydrogen) atoms. The summed E-state index contributed by atoms with van der Waals surface area (Å²) in [6.07, 6.45) is 0.797. The predicted octanol–water partition coefficient (Wildman–Crippen LogP) is 3.85. The third kappa shape index (κ3) is 3.83. The van der Waals surface area contributed by atoms with Gasteiger partial charge in [0.25, 0.3) is 0 Å². The van der Waals surface area contributed by atoms with E-state index in [9.17, 15) is 4.79 Å². The molecule has 0 radical (unpaired) electrons. The second-order valence-electron chi connectivity index (χ2n) is 3.97. The third-order valence-corrected chi connectivity index (χ3v) is 3.05. The zero-order valence-electron chi connectivity index (χ0n) is 10.4. The van der Waals surface area contributed by atoms with E-state index in [2.05, 4.69) is 15.9 Å². The van der Waals surface area contributed by atoms with Crippen LogP contribution in [0.5, 0.6) is 11.5 Å². The molecule has 2 aromatic rings. The van der Waals surface area contributed by atoms with E-state index >= 15 is 0 Å². The largest absolute Gasteiger partial charge is 0.497 e. The van der Waals surface area contributed by atoms with Crippen LogP contribution in [-0.4, -0.2) is 13.4 Å². The molecule has 3 nitrogen and oxygen atoms in total. The molecule has 0 unspecified atom stereocenters. The van der Waals surface area contributed by atoms with Gasteiger partial charge in [0.1, 0.15) is 24.4 Å². The summed E-state index contributed by atoms with van der Waals surface area (Å²) in [6, 6.07) is 12.9. The molecule has 0 aliphatic carbocycles. The lowest BCUT2D eigenvalue weighted by molar-refractivity contribution is 0.112. The number of ether oxygens (including phenoxy) is 2. The van der Waals surface area contributed by atoms with Crippen molar-refractivity contribution in [3.05, 3.63) is 58.1 Å². The second-order valence-corrected chi connectivity index (χ2v) is 4.89. The monoisotopic (exact) mass is 320 g/mol. The summed E-state index contributed by atoms with van der Waals surface area (Å²) >= 11 is 3.34. The van der Waals surface area contributed by atoms with Gasteiger partial charge in [-0.1, -0.05) is 28.1 Å². The van der Waals surface area contributed by atoms with E-state index < -0.39 is 0 Å². The molecule has 0 aliphatic heterocycles. The average molecular weight is 321 g/mol. The number of hydrogen-bond acceptors (Lipinski definition) is 3. The van der Waals surface area contributed by atoms with Crippen LogP contribution >= 0.6 is 15.9 Å². The van der Waals surface area contributed by atoms with Gasteiger partial charge in [-0.25, -0.2) is 0 Å². The minimum absolute atomic E-state index is 0.443. The Kier molecular flexibility index (Phi) is 4.58. The van der Waals surface area contributed by atoms with Crippen molar-refractivity contribution in [2.75, 3.05) is 7.11 Å². The molecule has 4 heteroatoms. The quantitative estimate of drug-likeness (QED) is 0.785. The van der Waals surface area contributed by atoms with Gasteiger partial charge in [-0.2, -0.15) is 0 Å². The van der Waals surface area contributed by atoms with Crippen LogP contribution in [0.25, 0.3) is 0 Å². The number of rotatable bonds is 5. The summed E-state index contributed by atoms with van der Waals surface area (Å²) in [5, 5.41) is 0. The summed E-state index contributed by atoms with van der Waals surface area (Å²) in [6.45, 7) is 0.443. The zero-order chi connectivity index (χ0) is 13.7. The number of carbonyl (C=O) groups is 1. The van der Waals surface area contributed by atoms with Crippen LogP contribution in [0.1, 0.15) is 15.9 Å². The SMILES string of the molecule is COc1ccc(COc2cc(Br)cc(C=O)c2)cc1. The Morgan fingerprint density at radius 3 is 2.47 bits per heavy atom. The molecule has 0 saturated carbocycles. The maximum atomic E-state index is 10.8. The molecule has 0 saturated heterocycles. The van der Waals surface area contributed by atoms with Crippen molar-refractivity contribution in [3.63, 3.8) is 0 Å². The van der Waals surface area contributed by atoms with Gasteiger partial charge < -0.3 is 9.47 Å². The van der Waals surface area contributed by atoms with Gasteiger partial charge >= 0.3 is 0 Å². The predicted molar refractivity (Wildman–Crippen MR) is 76.9 cm³/mol. The summed E-state index contributed by atoms with van der Waals surface area (Å²) in [7, 11) is 1.63. The van der Waals surface area contributed by atoms with E-state index in [1.54, 1.807) is 19.2 Å². The van der Waals surface area contributed by atoms with Crippen molar-refractivity contribution in [2.24, 2.45) is 0 Å². The molecule has 0 atom stereocenters. The fourth-order valence-corrected chi connectivity index (χ4v) is 2.11. The van der Waals surface area contributed by atoms with Crippen molar-refractivity contribution < 1.29 is 14.3 Å². The molecule has 0 bridgehead atoms. The van der Waals surface area contributed by atoms with Crippen LogP contribution in [-0.2, 0) is 6.61 Å². The van der Waals surface area contributed by atoms with Gasteiger partial charge in [-0.15, -0.1) is 0 Å². The maximum absolute atomic E-state index is 10.8. The standard InChI is InChI=1S/C15H13BrO3/c1-18-14-4-2-11(3-5-14)10-19-15-7-12(9-17)6-13(16)8-15/h2-9H,10H2,1H3. The molecular formula is C15H13BrO3. The molecule has 0 spiro atoms. The molecule has 0 aromatic heterocycles. The molecular weight excluding hydrogens is 308 g/mol. The Balaban J connectivity index is 2.05. The molecule has 0 amide bonds. The lowest BCUT2D eigenvalue weighted by Crippen LogP contribution is -1.96. The highest BCUT2D eigenvalue weighted by atomic mass is 79.9. The van der Waals surface area contributed by atoms with Crippen LogP contribution in [0, 0.1) is 0 Å². The third-order valence-electron chi connectivity index (χ3n) is 2.59. The summed E-state index contributed by atoms with van der Waals surface area (Å²) in [5.74, 6) is 1.47. The topological polar surface area (TPSA) is 35.5 Å². The van der Waals surface area contributed by atoms with Crippen molar-refractivity contribution in [2.45, 2.75) is 6.61 Å². The summed E-state index contributed by atoms with van der Waals surface area (Å²) in [4.78, 5) is 10.8.